The topological polar surface area (TPSA) is 39.7 Å². The van der Waals surface area contributed by atoms with Crippen LogP contribution in [0.5, 0.6) is 17.2 Å². The van der Waals surface area contributed by atoms with Gasteiger partial charge in [-0.25, -0.2) is 4.39 Å². The van der Waals surface area contributed by atoms with Crippen molar-refractivity contribution in [2.24, 2.45) is 0 Å². The average molecular weight is 400 g/mol. The van der Waals surface area contributed by atoms with E-state index in [1.54, 1.807) is 6.07 Å². The second kappa shape index (κ2) is 8.40. The standard InChI is InChI=1S/C22H19ClFNO3/c23-20-11-17(24)5-4-16(20)14-28-19-3-1-2-15(10-19)13-25-18-6-7-21-22(12-18)27-9-8-26-21/h1-7,10-12,25H,8-9,13-14H2. The van der Waals surface area contributed by atoms with Crippen LogP contribution >= 0.6 is 11.6 Å². The van der Waals surface area contributed by atoms with Crippen molar-refractivity contribution >= 4 is 17.3 Å². The molecule has 4 rings (SSSR count). The summed E-state index contributed by atoms with van der Waals surface area (Å²) in [4.78, 5) is 0. The van der Waals surface area contributed by atoms with Gasteiger partial charge in [-0.1, -0.05) is 29.8 Å². The van der Waals surface area contributed by atoms with Gasteiger partial charge in [0.15, 0.2) is 11.5 Å². The summed E-state index contributed by atoms with van der Waals surface area (Å²) in [5.74, 6) is 1.89. The Morgan fingerprint density at radius 1 is 0.964 bits per heavy atom. The van der Waals surface area contributed by atoms with Crippen LogP contribution in [0.15, 0.2) is 60.7 Å². The first kappa shape index (κ1) is 18.4. The number of halogens is 2. The van der Waals surface area contributed by atoms with Crippen molar-refractivity contribution in [3.63, 3.8) is 0 Å². The molecule has 0 spiro atoms. The number of hydrogen-bond donors (Lipinski definition) is 1. The molecular formula is C22H19ClFNO3. The van der Waals surface area contributed by atoms with Crippen LogP contribution in [0.2, 0.25) is 5.02 Å². The summed E-state index contributed by atoms with van der Waals surface area (Å²) < 4.78 is 30.1. The first-order valence-electron chi connectivity index (χ1n) is 8.96. The van der Waals surface area contributed by atoms with E-state index in [0.717, 1.165) is 34.1 Å². The molecule has 0 bridgehead atoms. The minimum Gasteiger partial charge on any atom is -0.489 e. The van der Waals surface area contributed by atoms with Crippen molar-refractivity contribution in [2.45, 2.75) is 13.2 Å². The molecule has 1 N–H and O–H groups in total. The minimum atomic E-state index is -0.360. The Hall–Kier alpha value is -2.92. The van der Waals surface area contributed by atoms with Gasteiger partial charge in [0.05, 0.1) is 5.02 Å². The maximum Gasteiger partial charge on any atom is 0.163 e. The van der Waals surface area contributed by atoms with Crippen molar-refractivity contribution in [2.75, 3.05) is 18.5 Å². The third-order valence-corrected chi connectivity index (χ3v) is 4.70. The molecule has 0 unspecified atom stereocenters. The quantitative estimate of drug-likeness (QED) is 0.599. The molecule has 3 aromatic carbocycles. The summed E-state index contributed by atoms with van der Waals surface area (Å²) in [6.45, 7) is 2.05. The van der Waals surface area contributed by atoms with E-state index < -0.39 is 0 Å². The van der Waals surface area contributed by atoms with Gasteiger partial charge >= 0.3 is 0 Å². The first-order valence-corrected chi connectivity index (χ1v) is 9.34. The van der Waals surface area contributed by atoms with Gasteiger partial charge in [-0.05, 0) is 42.0 Å². The molecule has 4 nitrogen and oxygen atoms in total. The fourth-order valence-corrected chi connectivity index (χ4v) is 3.12. The van der Waals surface area contributed by atoms with E-state index in [9.17, 15) is 4.39 Å². The van der Waals surface area contributed by atoms with Gasteiger partial charge in [-0.15, -0.1) is 0 Å². The predicted octanol–water partition coefficient (Wildman–Crippen LogP) is 5.44. The van der Waals surface area contributed by atoms with E-state index in [2.05, 4.69) is 5.32 Å². The largest absolute Gasteiger partial charge is 0.489 e. The van der Waals surface area contributed by atoms with Crippen molar-refractivity contribution in [1.82, 2.24) is 0 Å². The van der Waals surface area contributed by atoms with Crippen molar-refractivity contribution in [3.8, 4) is 17.2 Å². The lowest BCUT2D eigenvalue weighted by atomic mass is 10.2. The van der Waals surface area contributed by atoms with Crippen molar-refractivity contribution < 1.29 is 18.6 Å². The number of benzene rings is 3. The van der Waals surface area contributed by atoms with E-state index in [4.69, 9.17) is 25.8 Å². The number of ether oxygens (including phenoxy) is 3. The van der Waals surface area contributed by atoms with Gasteiger partial charge < -0.3 is 19.5 Å². The molecule has 0 saturated carbocycles. The van der Waals surface area contributed by atoms with Crippen LogP contribution in [0, 0.1) is 5.82 Å². The highest BCUT2D eigenvalue weighted by molar-refractivity contribution is 6.31. The fourth-order valence-electron chi connectivity index (χ4n) is 2.90. The van der Waals surface area contributed by atoms with E-state index >= 15 is 0 Å². The molecule has 0 radical (unpaired) electrons. The van der Waals surface area contributed by atoms with Crippen molar-refractivity contribution in [3.05, 3.63) is 82.6 Å². The zero-order valence-corrected chi connectivity index (χ0v) is 15.8. The number of rotatable bonds is 6. The van der Waals surface area contributed by atoms with Crippen LogP contribution in [0.1, 0.15) is 11.1 Å². The highest BCUT2D eigenvalue weighted by Gasteiger charge is 2.11. The van der Waals surface area contributed by atoms with Crippen LogP contribution in [-0.2, 0) is 13.2 Å². The Labute approximate surface area is 167 Å². The highest BCUT2D eigenvalue weighted by atomic mass is 35.5. The predicted molar refractivity (Wildman–Crippen MR) is 107 cm³/mol. The molecule has 0 fully saturated rings. The SMILES string of the molecule is Fc1ccc(COc2cccc(CNc3ccc4c(c3)OCCO4)c2)c(Cl)c1. The number of nitrogens with one attached hydrogen (secondary N) is 1. The zero-order valence-electron chi connectivity index (χ0n) is 15.1. The maximum absolute atomic E-state index is 13.1. The lowest BCUT2D eigenvalue weighted by Crippen LogP contribution is -2.15. The molecule has 0 aliphatic carbocycles. The second-order valence-corrected chi connectivity index (χ2v) is 6.79. The number of fused-ring (bicyclic) bond motifs is 1. The van der Waals surface area contributed by atoms with Crippen LogP contribution in [0.4, 0.5) is 10.1 Å². The molecule has 1 aliphatic heterocycles. The van der Waals surface area contributed by atoms with Gasteiger partial charge in [0, 0.05) is 23.9 Å². The van der Waals surface area contributed by atoms with Crippen molar-refractivity contribution in [1.29, 1.82) is 0 Å². The molecule has 0 amide bonds. The molecular weight excluding hydrogens is 381 g/mol. The summed E-state index contributed by atoms with van der Waals surface area (Å²) in [7, 11) is 0. The van der Waals surface area contributed by atoms with Crippen LogP contribution < -0.4 is 19.5 Å². The average Bonchev–Trinajstić information content (AvgIpc) is 2.72. The molecule has 144 valence electrons. The summed E-state index contributed by atoms with van der Waals surface area (Å²) in [6, 6.07) is 17.9. The molecule has 0 atom stereocenters. The monoisotopic (exact) mass is 399 g/mol. The van der Waals surface area contributed by atoms with E-state index in [-0.39, 0.29) is 12.4 Å². The number of hydrogen-bond acceptors (Lipinski definition) is 4. The Kier molecular flexibility index (Phi) is 5.53. The third-order valence-electron chi connectivity index (χ3n) is 4.35. The Bertz CT molecular complexity index is 980. The smallest absolute Gasteiger partial charge is 0.163 e. The van der Waals surface area contributed by atoms with Crippen LogP contribution in [0.3, 0.4) is 0 Å². The van der Waals surface area contributed by atoms with Gasteiger partial charge in [0.2, 0.25) is 0 Å². The van der Waals surface area contributed by atoms with Gasteiger partial charge in [-0.2, -0.15) is 0 Å². The zero-order chi connectivity index (χ0) is 19.3. The van der Waals surface area contributed by atoms with Crippen LogP contribution in [-0.4, -0.2) is 13.2 Å². The fraction of sp³-hybridized carbons (Fsp3) is 0.182. The summed E-state index contributed by atoms with van der Waals surface area (Å²) in [6.07, 6.45) is 0. The lowest BCUT2D eigenvalue weighted by molar-refractivity contribution is 0.171. The Morgan fingerprint density at radius 3 is 2.68 bits per heavy atom. The Balaban J connectivity index is 1.37. The van der Waals surface area contributed by atoms with Gasteiger partial charge in [0.1, 0.15) is 31.4 Å². The molecule has 1 aliphatic rings. The van der Waals surface area contributed by atoms with Gasteiger partial charge in [-0.3, -0.25) is 0 Å². The molecule has 1 heterocycles. The lowest BCUT2D eigenvalue weighted by Gasteiger charge is -2.19. The minimum absolute atomic E-state index is 0.276. The van der Waals surface area contributed by atoms with Crippen LogP contribution in [0.25, 0.3) is 0 Å². The summed E-state index contributed by atoms with van der Waals surface area (Å²) in [5, 5.41) is 3.73. The van der Waals surface area contributed by atoms with Gasteiger partial charge in [0.25, 0.3) is 0 Å². The molecule has 6 heteroatoms. The molecule has 28 heavy (non-hydrogen) atoms. The first-order chi connectivity index (χ1) is 13.7. The third kappa shape index (κ3) is 4.49. The number of anilines is 1. The Morgan fingerprint density at radius 2 is 1.82 bits per heavy atom. The highest BCUT2D eigenvalue weighted by Crippen LogP contribution is 2.32. The second-order valence-electron chi connectivity index (χ2n) is 6.38. The molecule has 0 aromatic heterocycles. The molecule has 0 saturated heterocycles. The molecule has 3 aromatic rings. The van der Waals surface area contributed by atoms with E-state index in [1.807, 2.05) is 42.5 Å². The summed E-state index contributed by atoms with van der Waals surface area (Å²) >= 11 is 6.05. The van der Waals surface area contributed by atoms with E-state index in [0.29, 0.717) is 24.8 Å². The summed E-state index contributed by atoms with van der Waals surface area (Å²) in [5.41, 5.74) is 2.76. The maximum atomic E-state index is 13.1. The normalized spacial score (nSPS) is 12.5. The van der Waals surface area contributed by atoms with E-state index in [1.165, 1.54) is 12.1 Å².